The summed E-state index contributed by atoms with van der Waals surface area (Å²) in [4.78, 5) is 38.0. The lowest BCUT2D eigenvalue weighted by Crippen LogP contribution is -2.65. The summed E-state index contributed by atoms with van der Waals surface area (Å²) >= 11 is 0. The fraction of sp³-hybridized carbons (Fsp3) is 0.588. The van der Waals surface area contributed by atoms with E-state index in [1.165, 1.54) is 21.8 Å². The van der Waals surface area contributed by atoms with E-state index in [1.807, 2.05) is 0 Å². The summed E-state index contributed by atoms with van der Waals surface area (Å²) < 4.78 is 12.3. The number of fused-ring (bicyclic) bond motifs is 2. The Balaban J connectivity index is 1.88. The van der Waals surface area contributed by atoms with Crippen molar-refractivity contribution >= 4 is 11.9 Å². The van der Waals surface area contributed by atoms with E-state index in [4.69, 9.17) is 9.47 Å². The lowest BCUT2D eigenvalue weighted by molar-refractivity contribution is -0.150. The maximum atomic E-state index is 13.0. The number of carbonyl (C=O) groups is 2. The number of hydrogen-bond acceptors (Lipinski definition) is 6. The van der Waals surface area contributed by atoms with Gasteiger partial charge in [-0.3, -0.25) is 19.2 Å². The first-order chi connectivity index (χ1) is 12.5. The second-order valence-electron chi connectivity index (χ2n) is 6.39. The molecule has 26 heavy (non-hydrogen) atoms. The molecule has 2 aliphatic heterocycles. The van der Waals surface area contributed by atoms with Crippen molar-refractivity contribution in [1.82, 2.24) is 9.58 Å². The summed E-state index contributed by atoms with van der Waals surface area (Å²) in [5.41, 5.74) is 2.63. The standard InChI is InChI=1S/C17H23N3O6/c1-2-3-4-5-8-26-15-12(21)6-7-19-14(15)16(22)20-11(17(23)24)9-25-10-13(20)18-19/h6-7,11,13,18H,2-5,8-10H2,1H3,(H,23,24)/t11-,13-/m0/s1. The third kappa shape index (κ3) is 3.39. The predicted molar refractivity (Wildman–Crippen MR) is 91.9 cm³/mol. The van der Waals surface area contributed by atoms with E-state index in [1.54, 1.807) is 0 Å². The minimum Gasteiger partial charge on any atom is -0.487 e. The molecule has 0 aliphatic carbocycles. The fourth-order valence-corrected chi connectivity index (χ4v) is 3.19. The SMILES string of the molecule is CCCCCCOc1c2n(ccc1=O)N[C@@H]1COC[C@@H](C(=O)O)N1C2=O. The first-order valence-electron chi connectivity index (χ1n) is 8.82. The fourth-order valence-electron chi connectivity index (χ4n) is 3.19. The molecule has 9 nitrogen and oxygen atoms in total. The number of carbonyl (C=O) groups excluding carboxylic acids is 1. The largest absolute Gasteiger partial charge is 0.487 e. The van der Waals surface area contributed by atoms with Crippen molar-refractivity contribution in [2.75, 3.05) is 25.2 Å². The van der Waals surface area contributed by atoms with Crippen molar-refractivity contribution in [3.05, 3.63) is 28.2 Å². The zero-order valence-electron chi connectivity index (χ0n) is 14.6. The van der Waals surface area contributed by atoms with Crippen LogP contribution in [0.5, 0.6) is 5.75 Å². The van der Waals surface area contributed by atoms with Gasteiger partial charge in [-0.05, 0) is 6.42 Å². The zero-order valence-corrected chi connectivity index (χ0v) is 14.6. The summed E-state index contributed by atoms with van der Waals surface area (Å²) in [7, 11) is 0. The van der Waals surface area contributed by atoms with Gasteiger partial charge < -0.3 is 20.0 Å². The molecule has 0 bridgehead atoms. The minimum absolute atomic E-state index is 0.0254. The van der Waals surface area contributed by atoms with Gasteiger partial charge in [0.25, 0.3) is 5.91 Å². The Labute approximate surface area is 150 Å². The van der Waals surface area contributed by atoms with E-state index in [0.717, 1.165) is 25.7 Å². The van der Waals surface area contributed by atoms with Crippen LogP contribution in [0.4, 0.5) is 0 Å². The number of hydrogen-bond donors (Lipinski definition) is 2. The molecule has 0 spiro atoms. The van der Waals surface area contributed by atoms with Gasteiger partial charge in [-0.1, -0.05) is 26.2 Å². The number of aromatic nitrogens is 1. The van der Waals surface area contributed by atoms with Crippen molar-refractivity contribution in [1.29, 1.82) is 0 Å². The number of nitrogens with zero attached hydrogens (tertiary/aromatic N) is 2. The Morgan fingerprint density at radius 2 is 2.15 bits per heavy atom. The summed E-state index contributed by atoms with van der Waals surface area (Å²) in [5, 5.41) is 9.39. The smallest absolute Gasteiger partial charge is 0.328 e. The number of pyridine rings is 1. The van der Waals surface area contributed by atoms with E-state index in [9.17, 15) is 19.5 Å². The zero-order chi connectivity index (χ0) is 18.7. The molecule has 2 N–H and O–H groups in total. The van der Waals surface area contributed by atoms with Crippen LogP contribution in [-0.4, -0.2) is 58.6 Å². The van der Waals surface area contributed by atoms with Gasteiger partial charge in [0, 0.05) is 12.3 Å². The molecule has 0 saturated carbocycles. The molecule has 1 aromatic heterocycles. The van der Waals surface area contributed by atoms with Gasteiger partial charge in [0.15, 0.2) is 17.5 Å². The molecule has 3 rings (SSSR count). The third-order valence-electron chi connectivity index (χ3n) is 4.53. The highest BCUT2D eigenvalue weighted by Crippen LogP contribution is 2.25. The molecular formula is C17H23N3O6. The number of aliphatic carboxylic acids is 1. The second-order valence-corrected chi connectivity index (χ2v) is 6.39. The quantitative estimate of drug-likeness (QED) is 0.682. The van der Waals surface area contributed by atoms with Crippen LogP contribution in [0.15, 0.2) is 17.1 Å². The van der Waals surface area contributed by atoms with Crippen LogP contribution in [0, 0.1) is 0 Å². The molecule has 0 aromatic carbocycles. The number of nitrogens with one attached hydrogen (secondary N) is 1. The topological polar surface area (TPSA) is 110 Å². The summed E-state index contributed by atoms with van der Waals surface area (Å²) in [6, 6.07) is 0.203. The van der Waals surface area contributed by atoms with Gasteiger partial charge in [-0.15, -0.1) is 0 Å². The van der Waals surface area contributed by atoms with Gasteiger partial charge in [0.05, 0.1) is 19.8 Å². The first kappa shape index (κ1) is 18.2. The average molecular weight is 365 g/mol. The molecule has 3 heterocycles. The second kappa shape index (κ2) is 7.77. The van der Waals surface area contributed by atoms with Crippen LogP contribution < -0.4 is 15.6 Å². The molecule has 1 amide bonds. The molecule has 0 unspecified atom stereocenters. The monoisotopic (exact) mass is 365 g/mol. The summed E-state index contributed by atoms with van der Waals surface area (Å²) in [6.45, 7) is 2.50. The van der Waals surface area contributed by atoms with E-state index < -0.39 is 29.5 Å². The molecule has 0 radical (unpaired) electrons. The maximum absolute atomic E-state index is 13.0. The number of rotatable bonds is 7. The molecule has 9 heteroatoms. The van der Waals surface area contributed by atoms with Crippen molar-refractivity contribution in [2.24, 2.45) is 0 Å². The molecular weight excluding hydrogens is 342 g/mol. The van der Waals surface area contributed by atoms with E-state index >= 15 is 0 Å². The number of carboxylic acids is 1. The molecule has 1 saturated heterocycles. The number of amides is 1. The van der Waals surface area contributed by atoms with Gasteiger partial charge in [0.1, 0.15) is 6.17 Å². The lowest BCUT2D eigenvalue weighted by atomic mass is 10.1. The number of ether oxygens (including phenoxy) is 2. The molecule has 2 atom stereocenters. The third-order valence-corrected chi connectivity index (χ3v) is 4.53. The average Bonchev–Trinajstić information content (AvgIpc) is 2.62. The molecule has 2 aliphatic rings. The number of unbranched alkanes of at least 4 members (excludes halogenated alkanes) is 3. The lowest BCUT2D eigenvalue weighted by Gasteiger charge is -2.44. The van der Waals surface area contributed by atoms with Gasteiger partial charge in [-0.2, -0.15) is 0 Å². The van der Waals surface area contributed by atoms with Crippen molar-refractivity contribution in [3.63, 3.8) is 0 Å². The molecule has 142 valence electrons. The van der Waals surface area contributed by atoms with Crippen LogP contribution in [0.3, 0.4) is 0 Å². The maximum Gasteiger partial charge on any atom is 0.328 e. The highest BCUT2D eigenvalue weighted by molar-refractivity contribution is 5.98. The minimum atomic E-state index is -1.15. The normalized spacial score (nSPS) is 21.6. The van der Waals surface area contributed by atoms with Crippen molar-refractivity contribution in [2.45, 2.75) is 44.8 Å². The Morgan fingerprint density at radius 1 is 1.35 bits per heavy atom. The summed E-state index contributed by atoms with van der Waals surface area (Å²) in [5.74, 6) is -1.75. The van der Waals surface area contributed by atoms with Crippen molar-refractivity contribution in [3.8, 4) is 5.75 Å². The van der Waals surface area contributed by atoms with Crippen LogP contribution in [0.25, 0.3) is 0 Å². The van der Waals surface area contributed by atoms with Crippen LogP contribution in [0.1, 0.15) is 43.1 Å². The Hall–Kier alpha value is -2.55. The van der Waals surface area contributed by atoms with Gasteiger partial charge in [-0.25, -0.2) is 4.79 Å². The number of morpholine rings is 1. The van der Waals surface area contributed by atoms with Crippen LogP contribution in [0.2, 0.25) is 0 Å². The first-order valence-corrected chi connectivity index (χ1v) is 8.82. The Bertz CT molecular complexity index is 747. The van der Waals surface area contributed by atoms with E-state index in [-0.39, 0.29) is 24.7 Å². The van der Waals surface area contributed by atoms with Crippen LogP contribution in [-0.2, 0) is 9.53 Å². The molecule has 1 aromatic rings. The van der Waals surface area contributed by atoms with Crippen molar-refractivity contribution < 1.29 is 24.2 Å². The number of carboxylic acid groups (broad SMARTS) is 1. The predicted octanol–water partition coefficient (Wildman–Crippen LogP) is 0.616. The van der Waals surface area contributed by atoms with E-state index in [0.29, 0.717) is 6.61 Å². The highest BCUT2D eigenvalue weighted by Gasteiger charge is 2.44. The molecule has 1 fully saturated rings. The van der Waals surface area contributed by atoms with Crippen LogP contribution >= 0.6 is 0 Å². The Kier molecular flexibility index (Phi) is 5.46. The highest BCUT2D eigenvalue weighted by atomic mass is 16.5. The Morgan fingerprint density at radius 3 is 2.88 bits per heavy atom. The van der Waals surface area contributed by atoms with Gasteiger partial charge in [0.2, 0.25) is 5.43 Å². The van der Waals surface area contributed by atoms with Gasteiger partial charge >= 0.3 is 5.97 Å². The van der Waals surface area contributed by atoms with E-state index in [2.05, 4.69) is 12.3 Å². The summed E-state index contributed by atoms with van der Waals surface area (Å²) in [6.07, 6.45) is 4.74.